The lowest BCUT2D eigenvalue weighted by atomic mass is 9.87. The first-order chi connectivity index (χ1) is 10.0. The molecule has 0 amide bonds. The molecular formula is C19H27NO. The van der Waals surface area contributed by atoms with Crippen molar-refractivity contribution < 1.29 is 4.74 Å². The lowest BCUT2D eigenvalue weighted by Gasteiger charge is -2.31. The maximum absolute atomic E-state index is 6.04. The van der Waals surface area contributed by atoms with Gasteiger partial charge in [-0.3, -0.25) is 0 Å². The van der Waals surface area contributed by atoms with E-state index >= 15 is 0 Å². The second-order valence-electron chi connectivity index (χ2n) is 6.69. The summed E-state index contributed by atoms with van der Waals surface area (Å²) < 4.78 is 6.04. The van der Waals surface area contributed by atoms with Crippen molar-refractivity contribution in [2.24, 2.45) is 5.41 Å². The molecule has 0 aromatic heterocycles. The molecule has 0 bridgehead atoms. The van der Waals surface area contributed by atoms with Gasteiger partial charge in [0.15, 0.2) is 0 Å². The van der Waals surface area contributed by atoms with Crippen LogP contribution >= 0.6 is 0 Å². The van der Waals surface area contributed by atoms with Crippen molar-refractivity contribution in [3.05, 3.63) is 42.5 Å². The number of nitrogens with one attached hydrogen (secondary N) is 1. The standard InChI is InChI=1S/C19H27NO/c1-5-12-20-18(19(2,3)4)14-21-17-11-10-15-8-6-7-9-16(15)13-17/h6-11,13,18,20H,5,12,14H2,1-4H3. The molecule has 0 aliphatic rings. The summed E-state index contributed by atoms with van der Waals surface area (Å²) in [6.07, 6.45) is 1.14. The number of fused-ring (bicyclic) bond motifs is 1. The first-order valence-electron chi connectivity index (χ1n) is 7.85. The fourth-order valence-corrected chi connectivity index (χ4v) is 2.37. The van der Waals surface area contributed by atoms with Gasteiger partial charge in [-0.15, -0.1) is 0 Å². The van der Waals surface area contributed by atoms with Gasteiger partial charge < -0.3 is 10.1 Å². The molecule has 0 aliphatic heterocycles. The van der Waals surface area contributed by atoms with E-state index in [4.69, 9.17) is 4.74 Å². The van der Waals surface area contributed by atoms with Crippen molar-refractivity contribution in [2.75, 3.05) is 13.2 Å². The van der Waals surface area contributed by atoms with E-state index in [0.717, 1.165) is 18.7 Å². The summed E-state index contributed by atoms with van der Waals surface area (Å²) in [5.74, 6) is 0.946. The van der Waals surface area contributed by atoms with Crippen LogP contribution in [0.4, 0.5) is 0 Å². The Morgan fingerprint density at radius 2 is 1.76 bits per heavy atom. The quantitative estimate of drug-likeness (QED) is 0.835. The zero-order valence-electron chi connectivity index (χ0n) is 13.6. The third-order valence-corrected chi connectivity index (χ3v) is 3.82. The van der Waals surface area contributed by atoms with Crippen LogP contribution in [0.5, 0.6) is 5.75 Å². The Kier molecular flexibility index (Phi) is 5.24. The van der Waals surface area contributed by atoms with Crippen molar-refractivity contribution in [3.63, 3.8) is 0 Å². The zero-order valence-corrected chi connectivity index (χ0v) is 13.6. The van der Waals surface area contributed by atoms with Gasteiger partial charge in [-0.2, -0.15) is 0 Å². The molecule has 2 rings (SSSR count). The Hall–Kier alpha value is -1.54. The fourth-order valence-electron chi connectivity index (χ4n) is 2.37. The van der Waals surface area contributed by atoms with E-state index in [9.17, 15) is 0 Å². The minimum Gasteiger partial charge on any atom is -0.492 e. The van der Waals surface area contributed by atoms with Crippen LogP contribution in [-0.2, 0) is 0 Å². The number of rotatable bonds is 6. The Bertz CT molecular complexity index is 571. The molecular weight excluding hydrogens is 258 g/mol. The maximum atomic E-state index is 6.04. The third kappa shape index (κ3) is 4.47. The molecule has 1 atom stereocenters. The lowest BCUT2D eigenvalue weighted by Crippen LogP contribution is -2.45. The van der Waals surface area contributed by atoms with Crippen LogP contribution in [0, 0.1) is 5.41 Å². The summed E-state index contributed by atoms with van der Waals surface area (Å²) >= 11 is 0. The molecule has 0 fully saturated rings. The average molecular weight is 285 g/mol. The number of benzene rings is 2. The van der Waals surface area contributed by atoms with Gasteiger partial charge in [0.2, 0.25) is 0 Å². The van der Waals surface area contributed by atoms with E-state index in [0.29, 0.717) is 12.6 Å². The van der Waals surface area contributed by atoms with Gasteiger partial charge in [-0.1, -0.05) is 58.0 Å². The van der Waals surface area contributed by atoms with Gasteiger partial charge in [-0.05, 0) is 41.3 Å². The molecule has 114 valence electrons. The molecule has 0 saturated carbocycles. The normalized spacial score (nSPS) is 13.3. The summed E-state index contributed by atoms with van der Waals surface area (Å²) in [5.41, 5.74) is 0.187. The SMILES string of the molecule is CCCNC(COc1ccc2ccccc2c1)C(C)(C)C. The molecule has 0 saturated heterocycles. The zero-order chi connectivity index (χ0) is 15.3. The van der Waals surface area contributed by atoms with Gasteiger partial charge in [0, 0.05) is 6.04 Å². The summed E-state index contributed by atoms with van der Waals surface area (Å²) in [5, 5.41) is 6.07. The van der Waals surface area contributed by atoms with Gasteiger partial charge in [-0.25, -0.2) is 0 Å². The monoisotopic (exact) mass is 285 g/mol. The Morgan fingerprint density at radius 3 is 2.43 bits per heavy atom. The lowest BCUT2D eigenvalue weighted by molar-refractivity contribution is 0.174. The molecule has 0 radical (unpaired) electrons. The summed E-state index contributed by atoms with van der Waals surface area (Å²) in [6, 6.07) is 15.0. The van der Waals surface area contributed by atoms with Crippen LogP contribution in [0.1, 0.15) is 34.1 Å². The van der Waals surface area contributed by atoms with E-state index in [1.165, 1.54) is 10.8 Å². The minimum atomic E-state index is 0.187. The fraction of sp³-hybridized carbons (Fsp3) is 0.474. The second kappa shape index (κ2) is 6.95. The molecule has 2 aromatic rings. The minimum absolute atomic E-state index is 0.187. The van der Waals surface area contributed by atoms with Crippen LogP contribution in [0.15, 0.2) is 42.5 Å². The van der Waals surface area contributed by atoms with Crippen LogP contribution < -0.4 is 10.1 Å². The smallest absolute Gasteiger partial charge is 0.120 e. The highest BCUT2D eigenvalue weighted by atomic mass is 16.5. The summed E-state index contributed by atoms with van der Waals surface area (Å²) in [6.45, 7) is 10.7. The first-order valence-corrected chi connectivity index (χ1v) is 7.85. The first kappa shape index (κ1) is 15.8. The molecule has 2 aromatic carbocycles. The summed E-state index contributed by atoms with van der Waals surface area (Å²) in [7, 11) is 0. The van der Waals surface area contributed by atoms with Crippen molar-refractivity contribution in [1.29, 1.82) is 0 Å². The van der Waals surface area contributed by atoms with Crippen LogP contribution in [-0.4, -0.2) is 19.2 Å². The highest BCUT2D eigenvalue weighted by Gasteiger charge is 2.24. The molecule has 2 nitrogen and oxygen atoms in total. The topological polar surface area (TPSA) is 21.3 Å². The average Bonchev–Trinajstić information content (AvgIpc) is 2.45. The van der Waals surface area contributed by atoms with Crippen molar-refractivity contribution in [2.45, 2.75) is 40.2 Å². The molecule has 21 heavy (non-hydrogen) atoms. The molecule has 2 heteroatoms. The highest BCUT2D eigenvalue weighted by Crippen LogP contribution is 2.23. The van der Waals surface area contributed by atoms with E-state index < -0.39 is 0 Å². The highest BCUT2D eigenvalue weighted by molar-refractivity contribution is 5.83. The largest absolute Gasteiger partial charge is 0.492 e. The van der Waals surface area contributed by atoms with Crippen LogP contribution in [0.3, 0.4) is 0 Å². The van der Waals surface area contributed by atoms with Crippen LogP contribution in [0.2, 0.25) is 0 Å². The Morgan fingerprint density at radius 1 is 1.05 bits per heavy atom. The van der Waals surface area contributed by atoms with Gasteiger partial charge >= 0.3 is 0 Å². The molecule has 0 heterocycles. The Labute approximate surface area is 128 Å². The van der Waals surface area contributed by atoms with Crippen molar-refractivity contribution in [1.82, 2.24) is 5.32 Å². The maximum Gasteiger partial charge on any atom is 0.120 e. The van der Waals surface area contributed by atoms with E-state index in [1.54, 1.807) is 0 Å². The third-order valence-electron chi connectivity index (χ3n) is 3.82. The van der Waals surface area contributed by atoms with Crippen molar-refractivity contribution >= 4 is 10.8 Å². The predicted octanol–water partition coefficient (Wildman–Crippen LogP) is 4.63. The molecule has 1 unspecified atom stereocenters. The predicted molar refractivity (Wildman–Crippen MR) is 91.0 cm³/mol. The van der Waals surface area contributed by atoms with E-state index in [-0.39, 0.29) is 5.41 Å². The van der Waals surface area contributed by atoms with Crippen molar-refractivity contribution in [3.8, 4) is 5.75 Å². The number of hydrogen-bond acceptors (Lipinski definition) is 2. The summed E-state index contributed by atoms with van der Waals surface area (Å²) in [4.78, 5) is 0. The molecule has 0 aliphatic carbocycles. The number of ether oxygens (including phenoxy) is 1. The van der Waals surface area contributed by atoms with Gasteiger partial charge in [0.1, 0.15) is 12.4 Å². The van der Waals surface area contributed by atoms with Crippen LogP contribution in [0.25, 0.3) is 10.8 Å². The number of hydrogen-bond donors (Lipinski definition) is 1. The Balaban J connectivity index is 2.04. The van der Waals surface area contributed by atoms with E-state index in [1.807, 2.05) is 0 Å². The molecule has 0 spiro atoms. The second-order valence-corrected chi connectivity index (χ2v) is 6.69. The van der Waals surface area contributed by atoms with Gasteiger partial charge in [0.25, 0.3) is 0 Å². The molecule has 1 N–H and O–H groups in total. The van der Waals surface area contributed by atoms with Gasteiger partial charge in [0.05, 0.1) is 0 Å². The van der Waals surface area contributed by atoms with E-state index in [2.05, 4.69) is 75.5 Å².